The molecule has 0 aliphatic carbocycles. The Morgan fingerprint density at radius 3 is 2.60 bits per heavy atom. The lowest BCUT2D eigenvalue weighted by atomic mass is 10.00. The molecular formula is C14H24F3N3. The fourth-order valence-corrected chi connectivity index (χ4v) is 2.31. The summed E-state index contributed by atoms with van der Waals surface area (Å²) < 4.78 is 38.6. The van der Waals surface area contributed by atoms with Gasteiger partial charge in [-0.15, -0.1) is 0 Å². The molecule has 1 aromatic rings. The summed E-state index contributed by atoms with van der Waals surface area (Å²) in [4.78, 5) is 0. The lowest BCUT2D eigenvalue weighted by Gasteiger charge is -2.19. The van der Waals surface area contributed by atoms with E-state index in [2.05, 4.69) is 10.4 Å². The van der Waals surface area contributed by atoms with E-state index >= 15 is 0 Å². The topological polar surface area (TPSA) is 29.9 Å². The average molecular weight is 291 g/mol. The summed E-state index contributed by atoms with van der Waals surface area (Å²) in [6, 6.07) is -0.0408. The number of hydrogen-bond acceptors (Lipinski definition) is 2. The highest BCUT2D eigenvalue weighted by atomic mass is 19.4. The van der Waals surface area contributed by atoms with Crippen LogP contribution >= 0.6 is 0 Å². The standard InChI is InChI=1S/C14H24F3N3/c1-4-9-18-13(7-6-8-14(15,16)17)11-10-20(3)19-12(11)5-2/h10,13,18H,4-9H2,1-3H3. The molecule has 0 spiro atoms. The first-order valence-corrected chi connectivity index (χ1v) is 7.20. The molecule has 1 rings (SSSR count). The summed E-state index contributed by atoms with van der Waals surface area (Å²) in [5.74, 6) is 0. The van der Waals surface area contributed by atoms with Gasteiger partial charge in [0.15, 0.2) is 0 Å². The minimum absolute atomic E-state index is 0.0408. The van der Waals surface area contributed by atoms with Gasteiger partial charge in [-0.2, -0.15) is 18.3 Å². The highest BCUT2D eigenvalue weighted by Gasteiger charge is 2.27. The van der Waals surface area contributed by atoms with Crippen LogP contribution in [0.3, 0.4) is 0 Å². The molecule has 1 N–H and O–H groups in total. The molecule has 6 heteroatoms. The zero-order valence-corrected chi connectivity index (χ0v) is 12.4. The summed E-state index contributed by atoms with van der Waals surface area (Å²) in [7, 11) is 1.84. The maximum Gasteiger partial charge on any atom is 0.389 e. The summed E-state index contributed by atoms with van der Waals surface area (Å²) >= 11 is 0. The second kappa shape index (κ2) is 7.67. The Hall–Kier alpha value is -1.04. The molecule has 0 amide bonds. The van der Waals surface area contributed by atoms with Crippen LogP contribution in [0.25, 0.3) is 0 Å². The van der Waals surface area contributed by atoms with Crippen molar-refractivity contribution in [2.75, 3.05) is 6.54 Å². The van der Waals surface area contributed by atoms with E-state index in [4.69, 9.17) is 0 Å². The Bertz CT molecular complexity index is 399. The molecule has 0 aliphatic rings. The maximum absolute atomic E-state index is 12.3. The zero-order chi connectivity index (χ0) is 15.2. The fourth-order valence-electron chi connectivity index (χ4n) is 2.31. The Morgan fingerprint density at radius 1 is 1.35 bits per heavy atom. The van der Waals surface area contributed by atoms with Gasteiger partial charge in [0, 0.05) is 31.3 Å². The van der Waals surface area contributed by atoms with Crippen LogP contribution in [0.4, 0.5) is 13.2 Å². The Morgan fingerprint density at radius 2 is 2.05 bits per heavy atom. The molecular weight excluding hydrogens is 267 g/mol. The van der Waals surface area contributed by atoms with E-state index in [-0.39, 0.29) is 12.5 Å². The molecule has 0 fully saturated rings. The van der Waals surface area contributed by atoms with E-state index in [9.17, 15) is 13.2 Å². The van der Waals surface area contributed by atoms with Gasteiger partial charge in [0.25, 0.3) is 0 Å². The molecule has 0 bridgehead atoms. The van der Waals surface area contributed by atoms with Crippen molar-refractivity contribution >= 4 is 0 Å². The van der Waals surface area contributed by atoms with Crippen molar-refractivity contribution in [3.05, 3.63) is 17.5 Å². The summed E-state index contributed by atoms with van der Waals surface area (Å²) in [6.45, 7) is 4.86. The quantitative estimate of drug-likeness (QED) is 0.790. The van der Waals surface area contributed by atoms with Crippen molar-refractivity contribution in [2.24, 2.45) is 7.05 Å². The number of nitrogens with zero attached hydrogens (tertiary/aromatic N) is 2. The lowest BCUT2D eigenvalue weighted by Crippen LogP contribution is -2.23. The molecule has 0 aliphatic heterocycles. The van der Waals surface area contributed by atoms with Crippen molar-refractivity contribution in [3.63, 3.8) is 0 Å². The van der Waals surface area contributed by atoms with Crippen LogP contribution in [0.1, 0.15) is 56.8 Å². The molecule has 1 unspecified atom stereocenters. The number of halogens is 3. The van der Waals surface area contributed by atoms with E-state index in [1.807, 2.05) is 27.1 Å². The van der Waals surface area contributed by atoms with Crippen LogP contribution in [-0.4, -0.2) is 22.5 Å². The normalized spacial score (nSPS) is 13.7. The molecule has 3 nitrogen and oxygen atoms in total. The van der Waals surface area contributed by atoms with Gasteiger partial charge < -0.3 is 5.32 Å². The van der Waals surface area contributed by atoms with Crippen molar-refractivity contribution < 1.29 is 13.2 Å². The van der Waals surface area contributed by atoms with Crippen LogP contribution in [0, 0.1) is 0 Å². The van der Waals surface area contributed by atoms with Gasteiger partial charge >= 0.3 is 6.18 Å². The molecule has 1 aromatic heterocycles. The zero-order valence-electron chi connectivity index (χ0n) is 12.4. The van der Waals surface area contributed by atoms with Crippen LogP contribution < -0.4 is 5.32 Å². The number of rotatable bonds is 8. The van der Waals surface area contributed by atoms with Crippen LogP contribution in [0.15, 0.2) is 6.20 Å². The Kier molecular flexibility index (Phi) is 6.52. The van der Waals surface area contributed by atoms with Gasteiger partial charge in [-0.3, -0.25) is 4.68 Å². The molecule has 0 saturated heterocycles. The molecule has 1 heterocycles. The smallest absolute Gasteiger partial charge is 0.310 e. The highest BCUT2D eigenvalue weighted by molar-refractivity contribution is 5.21. The number of hydrogen-bond donors (Lipinski definition) is 1. The second-order valence-electron chi connectivity index (χ2n) is 5.07. The van der Waals surface area contributed by atoms with Crippen LogP contribution in [0.5, 0.6) is 0 Å². The minimum Gasteiger partial charge on any atom is -0.310 e. The molecule has 1 atom stereocenters. The average Bonchev–Trinajstić information content (AvgIpc) is 2.73. The number of aromatic nitrogens is 2. The van der Waals surface area contributed by atoms with E-state index < -0.39 is 12.6 Å². The first-order chi connectivity index (χ1) is 9.37. The highest BCUT2D eigenvalue weighted by Crippen LogP contribution is 2.27. The number of aryl methyl sites for hydroxylation is 2. The van der Waals surface area contributed by atoms with E-state index in [1.54, 1.807) is 4.68 Å². The van der Waals surface area contributed by atoms with E-state index in [1.165, 1.54) is 0 Å². The van der Waals surface area contributed by atoms with Crippen LogP contribution in [0.2, 0.25) is 0 Å². The molecule has 116 valence electrons. The van der Waals surface area contributed by atoms with Crippen molar-refractivity contribution in [3.8, 4) is 0 Å². The monoisotopic (exact) mass is 291 g/mol. The third-order valence-electron chi connectivity index (χ3n) is 3.24. The van der Waals surface area contributed by atoms with E-state index in [0.29, 0.717) is 6.42 Å². The predicted molar refractivity (Wildman–Crippen MR) is 73.5 cm³/mol. The van der Waals surface area contributed by atoms with Crippen molar-refractivity contribution in [2.45, 2.75) is 58.2 Å². The van der Waals surface area contributed by atoms with Gasteiger partial charge in [0.1, 0.15) is 0 Å². The van der Waals surface area contributed by atoms with Crippen LogP contribution in [-0.2, 0) is 13.5 Å². The third kappa shape index (κ3) is 5.53. The van der Waals surface area contributed by atoms with Gasteiger partial charge in [0.2, 0.25) is 0 Å². The van der Waals surface area contributed by atoms with Gasteiger partial charge in [-0.1, -0.05) is 13.8 Å². The maximum atomic E-state index is 12.3. The molecule has 0 saturated carbocycles. The predicted octanol–water partition coefficient (Wildman–Crippen LogP) is 3.76. The number of alkyl halides is 3. The first kappa shape index (κ1) is 17.0. The van der Waals surface area contributed by atoms with Gasteiger partial charge in [-0.05, 0) is 32.2 Å². The summed E-state index contributed by atoms with van der Waals surface area (Å²) in [5, 5.41) is 7.71. The second-order valence-corrected chi connectivity index (χ2v) is 5.07. The number of nitrogens with one attached hydrogen (secondary N) is 1. The minimum atomic E-state index is -4.07. The first-order valence-electron chi connectivity index (χ1n) is 7.20. The molecule has 20 heavy (non-hydrogen) atoms. The Balaban J connectivity index is 2.72. The Labute approximate surface area is 118 Å². The largest absolute Gasteiger partial charge is 0.389 e. The van der Waals surface area contributed by atoms with E-state index in [0.717, 1.165) is 30.6 Å². The summed E-state index contributed by atoms with van der Waals surface area (Å²) in [5.41, 5.74) is 2.00. The van der Waals surface area contributed by atoms with Gasteiger partial charge in [-0.25, -0.2) is 0 Å². The molecule has 0 radical (unpaired) electrons. The SMILES string of the molecule is CCCNC(CCCC(F)(F)F)c1cn(C)nc1CC. The molecule has 0 aromatic carbocycles. The summed E-state index contributed by atoms with van der Waals surface area (Å²) in [6.07, 6.45) is -0.505. The van der Waals surface area contributed by atoms with Crippen molar-refractivity contribution in [1.29, 1.82) is 0 Å². The lowest BCUT2D eigenvalue weighted by molar-refractivity contribution is -0.135. The third-order valence-corrected chi connectivity index (χ3v) is 3.24. The van der Waals surface area contributed by atoms with Gasteiger partial charge in [0.05, 0.1) is 5.69 Å². The van der Waals surface area contributed by atoms with Crippen molar-refractivity contribution in [1.82, 2.24) is 15.1 Å². The fraction of sp³-hybridized carbons (Fsp3) is 0.786.